The Morgan fingerprint density at radius 3 is 2.76 bits per heavy atom. The molecule has 1 unspecified atom stereocenters. The normalized spacial score (nSPS) is 14.9. The Morgan fingerprint density at radius 2 is 1.97 bits per heavy atom. The summed E-state index contributed by atoms with van der Waals surface area (Å²) in [5.74, 6) is 0.921. The minimum absolute atomic E-state index is 0.134. The van der Waals surface area contributed by atoms with Crippen LogP contribution in [0.2, 0.25) is 0 Å². The average Bonchev–Trinajstić information content (AvgIpc) is 3.59. The van der Waals surface area contributed by atoms with Gasteiger partial charge in [0.1, 0.15) is 5.01 Å². The fraction of sp³-hybridized carbons (Fsp3) is 0.269. The van der Waals surface area contributed by atoms with Crippen molar-refractivity contribution < 1.29 is 9.59 Å². The van der Waals surface area contributed by atoms with Gasteiger partial charge in [0.05, 0.1) is 18.7 Å². The van der Waals surface area contributed by atoms with Crippen molar-refractivity contribution >= 4 is 34.8 Å². The number of carbonyl (C=O) groups excluding carboxylic acids is 2. The first-order chi connectivity index (χ1) is 18.0. The number of hydrogen-bond acceptors (Lipinski definition) is 9. The first-order valence-electron chi connectivity index (χ1n) is 12.0. The van der Waals surface area contributed by atoms with Crippen molar-refractivity contribution in [3.63, 3.8) is 0 Å². The number of benzene rings is 1. The highest BCUT2D eigenvalue weighted by Gasteiger charge is 2.28. The molecule has 11 heteroatoms. The summed E-state index contributed by atoms with van der Waals surface area (Å²) in [6.45, 7) is 3.84. The standard InChI is InChI=1S/C26H26N8O2S/c1-17-5-4-6-18(13-17)14-23(35)29-21-8-9-22(31-30-21)34-12-10-19(16-34)25-32-33-26(37-25)24(36)28-15-20-7-2-3-11-27-20/h2-9,11,13,19H,10,12,14-16H2,1H3,(H,28,36)(H,29,30,35). The Morgan fingerprint density at radius 1 is 1.05 bits per heavy atom. The van der Waals surface area contributed by atoms with E-state index in [1.165, 1.54) is 11.3 Å². The Labute approximate surface area is 218 Å². The molecule has 3 aromatic heterocycles. The molecule has 1 aliphatic rings. The van der Waals surface area contributed by atoms with Gasteiger partial charge in [-0.15, -0.1) is 20.4 Å². The number of aryl methyl sites for hydroxylation is 1. The van der Waals surface area contributed by atoms with Crippen LogP contribution >= 0.6 is 11.3 Å². The lowest BCUT2D eigenvalue weighted by Crippen LogP contribution is -2.23. The first-order valence-corrected chi connectivity index (χ1v) is 12.8. The maximum atomic E-state index is 12.5. The number of amides is 2. The topological polar surface area (TPSA) is 126 Å². The van der Waals surface area contributed by atoms with Gasteiger partial charge in [-0.2, -0.15) is 0 Å². The minimum Gasteiger partial charge on any atom is -0.354 e. The van der Waals surface area contributed by atoms with Crippen molar-refractivity contribution in [2.75, 3.05) is 23.3 Å². The van der Waals surface area contributed by atoms with Gasteiger partial charge in [0.25, 0.3) is 5.91 Å². The van der Waals surface area contributed by atoms with Crippen molar-refractivity contribution in [1.82, 2.24) is 30.7 Å². The fourth-order valence-electron chi connectivity index (χ4n) is 4.17. The fourth-order valence-corrected chi connectivity index (χ4v) is 5.05. The smallest absolute Gasteiger partial charge is 0.282 e. The summed E-state index contributed by atoms with van der Waals surface area (Å²) in [5, 5.41) is 23.7. The zero-order valence-corrected chi connectivity index (χ0v) is 21.1. The van der Waals surface area contributed by atoms with Gasteiger partial charge in [-0.1, -0.05) is 47.2 Å². The average molecular weight is 515 g/mol. The third-order valence-electron chi connectivity index (χ3n) is 6.02. The van der Waals surface area contributed by atoms with Crippen LogP contribution in [0.15, 0.2) is 60.8 Å². The van der Waals surface area contributed by atoms with E-state index in [1.54, 1.807) is 12.3 Å². The van der Waals surface area contributed by atoms with Gasteiger partial charge in [0.15, 0.2) is 11.6 Å². The maximum absolute atomic E-state index is 12.5. The zero-order valence-electron chi connectivity index (χ0n) is 20.3. The van der Waals surface area contributed by atoms with Crippen molar-refractivity contribution in [1.29, 1.82) is 0 Å². The van der Waals surface area contributed by atoms with E-state index in [9.17, 15) is 9.59 Å². The second kappa shape index (κ2) is 11.2. The molecular weight excluding hydrogens is 488 g/mol. The Bertz CT molecular complexity index is 1380. The molecule has 4 aromatic rings. The largest absolute Gasteiger partial charge is 0.354 e. The molecule has 0 bridgehead atoms. The Balaban J connectivity index is 1.13. The molecule has 0 spiro atoms. The molecule has 5 rings (SSSR count). The van der Waals surface area contributed by atoms with Crippen molar-refractivity contribution in [2.24, 2.45) is 0 Å². The monoisotopic (exact) mass is 514 g/mol. The summed E-state index contributed by atoms with van der Waals surface area (Å²) in [5.41, 5.74) is 2.85. The van der Waals surface area contributed by atoms with Gasteiger partial charge in [-0.25, -0.2) is 0 Å². The molecule has 4 heterocycles. The number of rotatable bonds is 8. The zero-order chi connectivity index (χ0) is 25.6. The van der Waals surface area contributed by atoms with E-state index in [1.807, 2.05) is 55.5 Å². The highest BCUT2D eigenvalue weighted by Crippen LogP contribution is 2.31. The molecule has 37 heavy (non-hydrogen) atoms. The van der Waals surface area contributed by atoms with Gasteiger partial charge in [-0.05, 0) is 43.2 Å². The second-order valence-electron chi connectivity index (χ2n) is 8.87. The lowest BCUT2D eigenvalue weighted by Gasteiger charge is -2.16. The Kier molecular flexibility index (Phi) is 7.41. The lowest BCUT2D eigenvalue weighted by atomic mass is 10.1. The van der Waals surface area contributed by atoms with Crippen LogP contribution in [0.5, 0.6) is 0 Å². The predicted molar refractivity (Wildman–Crippen MR) is 140 cm³/mol. The predicted octanol–water partition coefficient (Wildman–Crippen LogP) is 3.14. The van der Waals surface area contributed by atoms with Gasteiger partial charge in [0, 0.05) is 25.2 Å². The van der Waals surface area contributed by atoms with E-state index >= 15 is 0 Å². The highest BCUT2D eigenvalue weighted by atomic mass is 32.1. The SMILES string of the molecule is Cc1cccc(CC(=O)Nc2ccc(N3CCC(c4nnc(C(=O)NCc5ccccn5)s4)C3)nn2)c1. The maximum Gasteiger partial charge on any atom is 0.282 e. The molecule has 188 valence electrons. The third kappa shape index (κ3) is 6.31. The number of pyridine rings is 1. The summed E-state index contributed by atoms with van der Waals surface area (Å²) in [7, 11) is 0. The van der Waals surface area contributed by atoms with Crippen molar-refractivity contribution in [2.45, 2.75) is 32.2 Å². The molecule has 1 aromatic carbocycles. The van der Waals surface area contributed by atoms with E-state index in [-0.39, 0.29) is 24.2 Å². The van der Waals surface area contributed by atoms with Crippen LogP contribution in [0.3, 0.4) is 0 Å². The van der Waals surface area contributed by atoms with Crippen LogP contribution in [0.25, 0.3) is 0 Å². The van der Waals surface area contributed by atoms with Crippen LogP contribution < -0.4 is 15.5 Å². The van der Waals surface area contributed by atoms with Gasteiger partial charge < -0.3 is 15.5 Å². The van der Waals surface area contributed by atoms with E-state index < -0.39 is 0 Å². The minimum atomic E-state index is -0.254. The number of aromatic nitrogens is 5. The molecule has 0 radical (unpaired) electrons. The molecule has 0 saturated carbocycles. The summed E-state index contributed by atoms with van der Waals surface area (Å²) in [6.07, 6.45) is 2.85. The molecule has 1 aliphatic heterocycles. The van der Waals surface area contributed by atoms with Gasteiger partial charge in [0.2, 0.25) is 10.9 Å². The number of hydrogen-bond donors (Lipinski definition) is 2. The van der Waals surface area contributed by atoms with Crippen molar-refractivity contribution in [3.05, 3.63) is 87.6 Å². The number of nitrogens with zero attached hydrogens (tertiary/aromatic N) is 6. The summed E-state index contributed by atoms with van der Waals surface area (Å²) in [4.78, 5) is 31.2. The van der Waals surface area contributed by atoms with E-state index in [4.69, 9.17) is 0 Å². The number of carbonyl (C=O) groups is 2. The first kappa shape index (κ1) is 24.4. The molecular formula is C26H26N8O2S. The molecule has 1 saturated heterocycles. The number of nitrogens with one attached hydrogen (secondary N) is 2. The molecule has 1 atom stereocenters. The quantitative estimate of drug-likeness (QED) is 0.367. The van der Waals surface area contributed by atoms with Crippen LogP contribution in [0.1, 0.15) is 44.0 Å². The second-order valence-corrected chi connectivity index (χ2v) is 9.88. The summed E-state index contributed by atoms with van der Waals surface area (Å²) in [6, 6.07) is 17.1. The molecule has 2 amide bonds. The van der Waals surface area contributed by atoms with Crippen LogP contribution in [-0.4, -0.2) is 50.3 Å². The molecule has 0 aliphatic carbocycles. The lowest BCUT2D eigenvalue weighted by molar-refractivity contribution is -0.115. The molecule has 1 fully saturated rings. The van der Waals surface area contributed by atoms with Crippen LogP contribution in [0.4, 0.5) is 11.6 Å². The van der Waals surface area contributed by atoms with E-state index in [0.29, 0.717) is 23.9 Å². The summed E-state index contributed by atoms with van der Waals surface area (Å²) >= 11 is 1.32. The van der Waals surface area contributed by atoms with Crippen LogP contribution in [-0.2, 0) is 17.8 Å². The van der Waals surface area contributed by atoms with Crippen molar-refractivity contribution in [3.8, 4) is 0 Å². The molecule has 2 N–H and O–H groups in total. The van der Waals surface area contributed by atoms with E-state index in [2.05, 4.69) is 40.9 Å². The summed E-state index contributed by atoms with van der Waals surface area (Å²) < 4.78 is 0. The Hall–Kier alpha value is -4.25. The third-order valence-corrected chi connectivity index (χ3v) is 7.10. The highest BCUT2D eigenvalue weighted by molar-refractivity contribution is 7.13. The van der Waals surface area contributed by atoms with Gasteiger partial charge in [-0.3, -0.25) is 14.6 Å². The van der Waals surface area contributed by atoms with E-state index in [0.717, 1.165) is 40.6 Å². The molecule has 10 nitrogen and oxygen atoms in total. The number of anilines is 2. The van der Waals surface area contributed by atoms with Gasteiger partial charge >= 0.3 is 0 Å². The van der Waals surface area contributed by atoms with Crippen LogP contribution in [0, 0.1) is 6.92 Å².